The number of amides is 1. The Labute approximate surface area is 137 Å². The minimum absolute atomic E-state index is 0.226. The minimum Gasteiger partial charge on any atom is -0.339 e. The first kappa shape index (κ1) is 15.7. The van der Waals surface area contributed by atoms with Gasteiger partial charge in [0.1, 0.15) is 0 Å². The Kier molecular flexibility index (Phi) is 5.35. The predicted octanol–water partition coefficient (Wildman–Crippen LogP) is 3.03. The van der Waals surface area contributed by atoms with E-state index in [9.17, 15) is 4.79 Å². The topological polar surface area (TPSA) is 46.1 Å². The smallest absolute Gasteiger partial charge is 0.227 e. The van der Waals surface area contributed by atoms with Crippen molar-refractivity contribution in [1.82, 2.24) is 14.9 Å². The molecule has 0 spiro atoms. The Hall–Kier alpha value is -2.23. The Bertz CT molecular complexity index is 615. The molecule has 1 fully saturated rings. The fraction of sp³-hybridized carbons (Fsp3) is 0.421. The van der Waals surface area contributed by atoms with Crippen molar-refractivity contribution in [2.45, 2.75) is 44.6 Å². The summed E-state index contributed by atoms with van der Waals surface area (Å²) in [4.78, 5) is 23.2. The summed E-state index contributed by atoms with van der Waals surface area (Å²) in [6.07, 6.45) is 11.2. The number of nitrogens with zero attached hydrogens (tertiary/aromatic N) is 3. The second-order valence-corrected chi connectivity index (χ2v) is 6.13. The highest BCUT2D eigenvalue weighted by molar-refractivity contribution is 5.79. The highest BCUT2D eigenvalue weighted by atomic mass is 16.2. The van der Waals surface area contributed by atoms with Gasteiger partial charge in [0.25, 0.3) is 0 Å². The molecule has 0 radical (unpaired) electrons. The van der Waals surface area contributed by atoms with Gasteiger partial charge in [-0.05, 0) is 55.9 Å². The maximum absolute atomic E-state index is 12.7. The lowest BCUT2D eigenvalue weighted by molar-refractivity contribution is -0.134. The number of rotatable bonds is 5. The molecule has 0 unspecified atom stereocenters. The van der Waals surface area contributed by atoms with Crippen LogP contribution in [0.1, 0.15) is 36.9 Å². The van der Waals surface area contributed by atoms with Gasteiger partial charge in [0.05, 0.1) is 6.42 Å². The maximum Gasteiger partial charge on any atom is 0.227 e. The number of hydrogen-bond donors (Lipinski definition) is 0. The van der Waals surface area contributed by atoms with Crippen LogP contribution in [0.2, 0.25) is 0 Å². The summed E-state index contributed by atoms with van der Waals surface area (Å²) in [6.45, 7) is 0.881. The number of aromatic nitrogens is 2. The van der Waals surface area contributed by atoms with E-state index in [0.717, 1.165) is 43.5 Å². The molecule has 3 heterocycles. The van der Waals surface area contributed by atoms with Gasteiger partial charge in [-0.2, -0.15) is 0 Å². The third kappa shape index (κ3) is 4.38. The van der Waals surface area contributed by atoms with Gasteiger partial charge < -0.3 is 4.90 Å². The molecule has 0 aliphatic carbocycles. The lowest BCUT2D eigenvalue weighted by Crippen LogP contribution is -2.44. The molecule has 23 heavy (non-hydrogen) atoms. The lowest BCUT2D eigenvalue weighted by Gasteiger charge is -2.36. The van der Waals surface area contributed by atoms with Gasteiger partial charge in [0.15, 0.2) is 0 Å². The van der Waals surface area contributed by atoms with Gasteiger partial charge in [-0.15, -0.1) is 0 Å². The second kappa shape index (κ2) is 7.86. The number of pyridine rings is 2. The molecule has 0 aromatic carbocycles. The van der Waals surface area contributed by atoms with Crippen LogP contribution in [-0.2, 0) is 17.6 Å². The number of piperidine rings is 1. The van der Waals surface area contributed by atoms with Crippen molar-refractivity contribution in [1.29, 1.82) is 0 Å². The SMILES string of the molecule is O=C(Cc1cccnc1)N1CCCC[C@@H]1CCc1ccccn1. The molecule has 1 amide bonds. The molecule has 3 rings (SSSR count). The van der Waals surface area contributed by atoms with Crippen molar-refractivity contribution in [2.24, 2.45) is 0 Å². The molecular weight excluding hydrogens is 286 g/mol. The van der Waals surface area contributed by atoms with E-state index < -0.39 is 0 Å². The van der Waals surface area contributed by atoms with Crippen molar-refractivity contribution in [3.63, 3.8) is 0 Å². The molecule has 4 nitrogen and oxygen atoms in total. The van der Waals surface area contributed by atoms with E-state index in [1.54, 1.807) is 12.4 Å². The summed E-state index contributed by atoms with van der Waals surface area (Å²) in [5.74, 6) is 0.226. The van der Waals surface area contributed by atoms with E-state index >= 15 is 0 Å². The van der Waals surface area contributed by atoms with Crippen LogP contribution in [0.15, 0.2) is 48.9 Å². The molecule has 0 N–H and O–H groups in total. The predicted molar refractivity (Wildman–Crippen MR) is 89.9 cm³/mol. The zero-order valence-corrected chi connectivity index (χ0v) is 13.4. The molecule has 120 valence electrons. The van der Waals surface area contributed by atoms with Gasteiger partial charge in [0.2, 0.25) is 5.91 Å². The summed E-state index contributed by atoms with van der Waals surface area (Å²) in [5.41, 5.74) is 2.10. The van der Waals surface area contributed by atoms with Gasteiger partial charge in [0, 0.05) is 36.9 Å². The fourth-order valence-electron chi connectivity index (χ4n) is 3.27. The zero-order chi connectivity index (χ0) is 15.9. The summed E-state index contributed by atoms with van der Waals surface area (Å²) in [6, 6.07) is 10.2. The number of likely N-dealkylation sites (tertiary alicyclic amines) is 1. The third-order valence-electron chi connectivity index (χ3n) is 4.49. The van der Waals surface area contributed by atoms with E-state index in [1.165, 1.54) is 6.42 Å². The normalized spacial score (nSPS) is 17.9. The first-order valence-corrected chi connectivity index (χ1v) is 8.41. The van der Waals surface area contributed by atoms with Crippen LogP contribution in [0.3, 0.4) is 0 Å². The van der Waals surface area contributed by atoms with Crippen molar-refractivity contribution in [3.8, 4) is 0 Å². The highest BCUT2D eigenvalue weighted by Crippen LogP contribution is 2.22. The summed E-state index contributed by atoms with van der Waals surface area (Å²) >= 11 is 0. The van der Waals surface area contributed by atoms with Crippen LogP contribution in [-0.4, -0.2) is 33.4 Å². The van der Waals surface area contributed by atoms with Crippen molar-refractivity contribution in [2.75, 3.05) is 6.54 Å². The van der Waals surface area contributed by atoms with Gasteiger partial charge in [-0.1, -0.05) is 12.1 Å². The zero-order valence-electron chi connectivity index (χ0n) is 13.4. The molecule has 1 aliphatic heterocycles. The molecule has 0 bridgehead atoms. The van der Waals surface area contributed by atoms with E-state index in [4.69, 9.17) is 0 Å². The lowest BCUT2D eigenvalue weighted by atomic mass is 9.96. The molecule has 2 aromatic heterocycles. The quantitative estimate of drug-likeness (QED) is 0.853. The van der Waals surface area contributed by atoms with E-state index in [0.29, 0.717) is 12.5 Å². The van der Waals surface area contributed by atoms with E-state index in [2.05, 4.69) is 20.9 Å². The molecular formula is C19H23N3O. The number of carbonyl (C=O) groups is 1. The van der Waals surface area contributed by atoms with Crippen LogP contribution >= 0.6 is 0 Å². The second-order valence-electron chi connectivity index (χ2n) is 6.13. The average Bonchev–Trinajstić information content (AvgIpc) is 2.62. The summed E-state index contributed by atoms with van der Waals surface area (Å²) < 4.78 is 0. The Morgan fingerprint density at radius 1 is 1.17 bits per heavy atom. The highest BCUT2D eigenvalue weighted by Gasteiger charge is 2.26. The molecule has 0 saturated carbocycles. The first-order valence-electron chi connectivity index (χ1n) is 8.41. The minimum atomic E-state index is 0.226. The monoisotopic (exact) mass is 309 g/mol. The molecule has 1 saturated heterocycles. The van der Waals surface area contributed by atoms with Crippen LogP contribution in [0.25, 0.3) is 0 Å². The van der Waals surface area contributed by atoms with Gasteiger partial charge in [-0.3, -0.25) is 14.8 Å². The van der Waals surface area contributed by atoms with Gasteiger partial charge in [-0.25, -0.2) is 0 Å². The molecule has 4 heteroatoms. The largest absolute Gasteiger partial charge is 0.339 e. The van der Waals surface area contributed by atoms with Crippen LogP contribution in [0.4, 0.5) is 0 Å². The van der Waals surface area contributed by atoms with Crippen LogP contribution < -0.4 is 0 Å². The fourth-order valence-corrected chi connectivity index (χ4v) is 3.27. The van der Waals surface area contributed by atoms with Crippen molar-refractivity contribution in [3.05, 3.63) is 60.2 Å². The number of hydrogen-bond acceptors (Lipinski definition) is 3. The molecule has 2 aromatic rings. The summed E-state index contributed by atoms with van der Waals surface area (Å²) in [7, 11) is 0. The number of aryl methyl sites for hydroxylation is 1. The first-order chi connectivity index (χ1) is 11.3. The van der Waals surface area contributed by atoms with E-state index in [-0.39, 0.29) is 5.91 Å². The number of carbonyl (C=O) groups excluding carboxylic acids is 1. The molecule has 1 atom stereocenters. The Balaban J connectivity index is 1.60. The standard InChI is InChI=1S/C19H23N3O/c23-19(14-16-6-5-11-20-15-16)22-13-4-2-8-18(22)10-9-17-7-1-3-12-21-17/h1,3,5-7,11-12,15,18H,2,4,8-10,13-14H2/t18-/m1/s1. The van der Waals surface area contributed by atoms with Gasteiger partial charge >= 0.3 is 0 Å². The van der Waals surface area contributed by atoms with Crippen molar-refractivity contribution < 1.29 is 4.79 Å². The summed E-state index contributed by atoms with van der Waals surface area (Å²) in [5, 5.41) is 0. The van der Waals surface area contributed by atoms with E-state index in [1.807, 2.05) is 30.5 Å². The Morgan fingerprint density at radius 2 is 2.13 bits per heavy atom. The Morgan fingerprint density at radius 3 is 2.91 bits per heavy atom. The molecule has 1 aliphatic rings. The van der Waals surface area contributed by atoms with Crippen LogP contribution in [0.5, 0.6) is 0 Å². The maximum atomic E-state index is 12.7. The average molecular weight is 309 g/mol. The van der Waals surface area contributed by atoms with Crippen molar-refractivity contribution >= 4 is 5.91 Å². The third-order valence-corrected chi connectivity index (χ3v) is 4.49. The van der Waals surface area contributed by atoms with Crippen LogP contribution in [0, 0.1) is 0 Å².